The minimum atomic E-state index is 0.214. The molecule has 4 nitrogen and oxygen atoms in total. The molecule has 2 amide bonds. The minimum Gasteiger partial charge on any atom is -0.356 e. The minimum absolute atomic E-state index is 0.214. The van der Waals surface area contributed by atoms with Crippen molar-refractivity contribution in [3.63, 3.8) is 0 Å². The maximum Gasteiger partial charge on any atom is 0.222 e. The van der Waals surface area contributed by atoms with Crippen LogP contribution in [0.25, 0.3) is 0 Å². The summed E-state index contributed by atoms with van der Waals surface area (Å²) in [6, 6.07) is 0. The van der Waals surface area contributed by atoms with Gasteiger partial charge in [0.15, 0.2) is 0 Å². The highest BCUT2D eigenvalue weighted by Crippen LogP contribution is 2.04. The molecular formula is C10H18N2O2. The molecule has 0 atom stereocenters. The molecular weight excluding hydrogens is 180 g/mol. The molecule has 2 aliphatic rings. The van der Waals surface area contributed by atoms with Crippen LogP contribution in [0.5, 0.6) is 0 Å². The molecule has 2 fully saturated rings. The Labute approximate surface area is 84.7 Å². The summed E-state index contributed by atoms with van der Waals surface area (Å²) in [5.41, 5.74) is 0. The topological polar surface area (TPSA) is 49.4 Å². The lowest BCUT2D eigenvalue weighted by molar-refractivity contribution is -0.126. The highest BCUT2D eigenvalue weighted by molar-refractivity contribution is 5.77. The second-order valence-corrected chi connectivity index (χ2v) is 3.73. The summed E-state index contributed by atoms with van der Waals surface area (Å²) in [5.74, 6) is 0.506. The molecule has 14 heavy (non-hydrogen) atoms. The molecule has 0 aliphatic carbocycles. The van der Waals surface area contributed by atoms with Crippen LogP contribution in [0.2, 0.25) is 0 Å². The molecule has 0 bridgehead atoms. The van der Waals surface area contributed by atoms with Crippen LogP contribution >= 0.6 is 0 Å². The van der Waals surface area contributed by atoms with E-state index in [1.165, 1.54) is 0 Å². The van der Waals surface area contributed by atoms with Gasteiger partial charge in [-0.1, -0.05) is 0 Å². The molecule has 0 saturated carbocycles. The molecule has 0 aromatic heterocycles. The second kappa shape index (κ2) is 5.62. The molecule has 2 rings (SSSR count). The molecule has 0 radical (unpaired) electrons. The van der Waals surface area contributed by atoms with E-state index in [9.17, 15) is 9.59 Å². The van der Waals surface area contributed by atoms with Gasteiger partial charge in [-0.25, -0.2) is 0 Å². The Balaban J connectivity index is 0.000000140. The first-order valence-corrected chi connectivity index (χ1v) is 5.21. The van der Waals surface area contributed by atoms with E-state index < -0.39 is 0 Å². The van der Waals surface area contributed by atoms with Crippen LogP contribution in [0.4, 0.5) is 0 Å². The molecule has 2 heterocycles. The summed E-state index contributed by atoms with van der Waals surface area (Å²) in [5, 5.41) is 2.74. The van der Waals surface area contributed by atoms with E-state index in [2.05, 4.69) is 5.32 Å². The van der Waals surface area contributed by atoms with Gasteiger partial charge in [0.25, 0.3) is 0 Å². The van der Waals surface area contributed by atoms with E-state index in [1.54, 1.807) is 4.90 Å². The number of piperidine rings is 1. The number of nitrogens with one attached hydrogen (secondary N) is 1. The quantitative estimate of drug-likeness (QED) is 0.617. The van der Waals surface area contributed by atoms with Crippen LogP contribution in [0.3, 0.4) is 0 Å². The Morgan fingerprint density at radius 2 is 1.93 bits per heavy atom. The predicted octanol–water partition coefficient (Wildman–Crippen LogP) is 0.525. The molecule has 2 saturated heterocycles. The summed E-state index contributed by atoms with van der Waals surface area (Å²) in [6.45, 7) is 1.84. The third-order valence-corrected chi connectivity index (χ3v) is 2.46. The summed E-state index contributed by atoms with van der Waals surface area (Å²) < 4.78 is 0. The lowest BCUT2D eigenvalue weighted by Crippen LogP contribution is -2.28. The van der Waals surface area contributed by atoms with Gasteiger partial charge in [-0.3, -0.25) is 9.59 Å². The first-order chi connectivity index (χ1) is 6.70. The number of carbonyl (C=O) groups is 2. The number of amides is 2. The number of hydrogen-bond donors (Lipinski definition) is 1. The number of hydrogen-bond acceptors (Lipinski definition) is 2. The van der Waals surface area contributed by atoms with Gasteiger partial charge in [-0.05, 0) is 19.3 Å². The monoisotopic (exact) mass is 198 g/mol. The van der Waals surface area contributed by atoms with Crippen molar-refractivity contribution in [2.24, 2.45) is 0 Å². The third-order valence-electron chi connectivity index (χ3n) is 2.46. The van der Waals surface area contributed by atoms with E-state index in [-0.39, 0.29) is 5.91 Å². The molecule has 0 spiro atoms. The van der Waals surface area contributed by atoms with E-state index in [0.717, 1.165) is 45.2 Å². The van der Waals surface area contributed by atoms with Crippen molar-refractivity contribution < 1.29 is 9.59 Å². The molecule has 80 valence electrons. The summed E-state index contributed by atoms with van der Waals surface area (Å²) in [7, 11) is 1.84. The first kappa shape index (κ1) is 11.0. The highest BCUT2D eigenvalue weighted by atomic mass is 16.2. The van der Waals surface area contributed by atoms with E-state index in [4.69, 9.17) is 0 Å². The van der Waals surface area contributed by atoms with E-state index in [1.807, 2.05) is 7.05 Å². The van der Waals surface area contributed by atoms with E-state index in [0.29, 0.717) is 5.91 Å². The standard InChI is InChI=1S/2C5H9NO/c1-6-4-2-3-5(6)7;7-5-3-1-2-4-6-5/h2-4H2,1H3;1-4H2,(H,6,7). The van der Waals surface area contributed by atoms with Crippen molar-refractivity contribution in [1.82, 2.24) is 10.2 Å². The van der Waals surface area contributed by atoms with Crippen molar-refractivity contribution in [2.75, 3.05) is 20.1 Å². The number of likely N-dealkylation sites (tertiary alicyclic amines) is 1. The lowest BCUT2D eigenvalue weighted by Gasteiger charge is -2.08. The van der Waals surface area contributed by atoms with Crippen LogP contribution < -0.4 is 5.32 Å². The average molecular weight is 198 g/mol. The molecule has 4 heteroatoms. The summed E-state index contributed by atoms with van der Waals surface area (Å²) >= 11 is 0. The Morgan fingerprint density at radius 1 is 1.14 bits per heavy atom. The third kappa shape index (κ3) is 3.77. The lowest BCUT2D eigenvalue weighted by atomic mass is 10.2. The molecule has 0 unspecified atom stereocenters. The smallest absolute Gasteiger partial charge is 0.222 e. The van der Waals surface area contributed by atoms with Gasteiger partial charge in [-0.15, -0.1) is 0 Å². The molecule has 1 N–H and O–H groups in total. The van der Waals surface area contributed by atoms with Crippen LogP contribution in [0.1, 0.15) is 32.1 Å². The Morgan fingerprint density at radius 3 is 2.14 bits per heavy atom. The zero-order chi connectivity index (χ0) is 10.4. The maximum absolute atomic E-state index is 10.5. The van der Waals surface area contributed by atoms with Gasteiger partial charge < -0.3 is 10.2 Å². The van der Waals surface area contributed by atoms with Crippen molar-refractivity contribution in [3.05, 3.63) is 0 Å². The van der Waals surface area contributed by atoms with Gasteiger partial charge in [0.2, 0.25) is 11.8 Å². The normalized spacial score (nSPS) is 21.4. The Hall–Kier alpha value is -1.06. The van der Waals surface area contributed by atoms with Crippen LogP contribution in [-0.4, -0.2) is 36.9 Å². The molecule has 2 aliphatic heterocycles. The molecule has 0 aromatic rings. The van der Waals surface area contributed by atoms with Crippen molar-refractivity contribution in [1.29, 1.82) is 0 Å². The predicted molar refractivity (Wildman–Crippen MR) is 53.7 cm³/mol. The fourth-order valence-corrected chi connectivity index (χ4v) is 1.51. The van der Waals surface area contributed by atoms with Gasteiger partial charge in [0.05, 0.1) is 0 Å². The van der Waals surface area contributed by atoms with Crippen molar-refractivity contribution in [2.45, 2.75) is 32.1 Å². The van der Waals surface area contributed by atoms with Gasteiger partial charge in [-0.2, -0.15) is 0 Å². The summed E-state index contributed by atoms with van der Waals surface area (Å²) in [6.07, 6.45) is 4.78. The SMILES string of the molecule is CN1CCCC1=O.O=C1CCCCN1. The maximum atomic E-state index is 10.5. The average Bonchev–Trinajstić information content (AvgIpc) is 2.53. The number of carbonyl (C=O) groups excluding carboxylic acids is 2. The second-order valence-electron chi connectivity index (χ2n) is 3.73. The fraction of sp³-hybridized carbons (Fsp3) is 0.800. The fourth-order valence-electron chi connectivity index (χ4n) is 1.51. The van der Waals surface area contributed by atoms with Crippen LogP contribution in [-0.2, 0) is 9.59 Å². The number of nitrogens with zero attached hydrogens (tertiary/aromatic N) is 1. The van der Waals surface area contributed by atoms with Crippen molar-refractivity contribution in [3.8, 4) is 0 Å². The van der Waals surface area contributed by atoms with Crippen molar-refractivity contribution >= 4 is 11.8 Å². The van der Waals surface area contributed by atoms with Crippen LogP contribution in [0, 0.1) is 0 Å². The molecule has 0 aromatic carbocycles. The van der Waals surface area contributed by atoms with E-state index >= 15 is 0 Å². The highest BCUT2D eigenvalue weighted by Gasteiger charge is 2.14. The first-order valence-electron chi connectivity index (χ1n) is 5.21. The van der Waals surface area contributed by atoms with Gasteiger partial charge in [0.1, 0.15) is 0 Å². The largest absolute Gasteiger partial charge is 0.356 e. The van der Waals surface area contributed by atoms with Crippen LogP contribution in [0.15, 0.2) is 0 Å². The van der Waals surface area contributed by atoms with Gasteiger partial charge >= 0.3 is 0 Å². The number of rotatable bonds is 0. The van der Waals surface area contributed by atoms with Gasteiger partial charge in [0, 0.05) is 33.0 Å². The zero-order valence-electron chi connectivity index (χ0n) is 8.71. The summed E-state index contributed by atoms with van der Waals surface area (Å²) in [4.78, 5) is 22.6. The Kier molecular flexibility index (Phi) is 4.43. The zero-order valence-corrected chi connectivity index (χ0v) is 8.71. The Bertz CT molecular complexity index is 208.